The van der Waals surface area contributed by atoms with Gasteiger partial charge in [-0.25, -0.2) is 9.97 Å². The molecule has 2 aromatic heterocycles. The number of nitrogens with one attached hydrogen (secondary N) is 1. The molecule has 7 nitrogen and oxygen atoms in total. The van der Waals surface area contributed by atoms with Crippen LogP contribution in [0.15, 0.2) is 35.6 Å². The highest BCUT2D eigenvalue weighted by molar-refractivity contribution is 8.00. The molecule has 3 aromatic rings. The van der Waals surface area contributed by atoms with Gasteiger partial charge in [0.15, 0.2) is 10.8 Å². The van der Waals surface area contributed by atoms with Gasteiger partial charge in [0.05, 0.1) is 19.0 Å². The van der Waals surface area contributed by atoms with E-state index in [1.165, 1.54) is 18.1 Å². The number of nitrogens with zero attached hydrogens (tertiary/aromatic N) is 4. The predicted octanol–water partition coefficient (Wildman–Crippen LogP) is 3.31. The molecule has 4 rings (SSSR count). The first-order chi connectivity index (χ1) is 13.2. The topological polar surface area (TPSA) is 80.2 Å². The average Bonchev–Trinajstić information content (AvgIpc) is 3.12. The van der Waals surface area contributed by atoms with Crippen molar-refractivity contribution in [1.82, 2.24) is 15.0 Å². The highest BCUT2D eigenvalue weighted by atomic mass is 35.5. The van der Waals surface area contributed by atoms with Gasteiger partial charge >= 0.3 is 0 Å². The maximum atomic E-state index is 12.2. The highest BCUT2D eigenvalue weighted by Crippen LogP contribution is 2.34. The van der Waals surface area contributed by atoms with Gasteiger partial charge in [0, 0.05) is 23.8 Å². The van der Waals surface area contributed by atoms with Crippen molar-refractivity contribution in [2.45, 2.75) is 5.03 Å². The van der Waals surface area contributed by atoms with Gasteiger partial charge in [-0.05, 0) is 18.2 Å². The summed E-state index contributed by atoms with van der Waals surface area (Å²) in [4.78, 5) is 27.6. The van der Waals surface area contributed by atoms with Crippen molar-refractivity contribution in [2.24, 2.45) is 0 Å². The summed E-state index contributed by atoms with van der Waals surface area (Å²) in [5.41, 5.74) is 1.34. The number of fused-ring (bicyclic) bond motifs is 1. The monoisotopic (exact) mass is 421 g/mol. The first-order valence-corrected chi connectivity index (χ1v) is 10.5. The van der Waals surface area contributed by atoms with Crippen LogP contribution in [0.4, 0.5) is 10.8 Å². The Morgan fingerprint density at radius 1 is 1.33 bits per heavy atom. The molecule has 0 bridgehead atoms. The van der Waals surface area contributed by atoms with Crippen molar-refractivity contribution < 1.29 is 9.53 Å². The number of benzene rings is 1. The number of carbonyl (C=O) groups excluding carboxylic acids is 1. The second kappa shape index (κ2) is 8.39. The van der Waals surface area contributed by atoms with Gasteiger partial charge < -0.3 is 15.0 Å². The summed E-state index contributed by atoms with van der Waals surface area (Å²) in [7, 11) is 0. The Hall–Kier alpha value is -1.94. The van der Waals surface area contributed by atoms with Gasteiger partial charge in [-0.2, -0.15) is 4.98 Å². The fourth-order valence-electron chi connectivity index (χ4n) is 2.61. The third-order valence-electron chi connectivity index (χ3n) is 3.88. The lowest BCUT2D eigenvalue weighted by atomic mass is 10.3. The van der Waals surface area contributed by atoms with E-state index >= 15 is 0 Å². The van der Waals surface area contributed by atoms with Crippen LogP contribution in [0.1, 0.15) is 0 Å². The second-order valence-electron chi connectivity index (χ2n) is 5.77. The molecule has 0 spiro atoms. The molecule has 140 valence electrons. The molecule has 1 aromatic carbocycles. The van der Waals surface area contributed by atoms with Gasteiger partial charge in [-0.15, -0.1) is 0 Å². The van der Waals surface area contributed by atoms with Crippen molar-refractivity contribution in [3.05, 3.63) is 35.6 Å². The zero-order valence-corrected chi connectivity index (χ0v) is 16.6. The van der Waals surface area contributed by atoms with E-state index in [4.69, 9.17) is 16.3 Å². The Morgan fingerprint density at radius 2 is 2.19 bits per heavy atom. The minimum absolute atomic E-state index is 0.119. The number of aromatic nitrogens is 3. The maximum absolute atomic E-state index is 12.2. The van der Waals surface area contributed by atoms with Gasteiger partial charge in [0.1, 0.15) is 16.1 Å². The number of rotatable bonds is 5. The molecule has 3 heterocycles. The van der Waals surface area contributed by atoms with E-state index in [2.05, 4.69) is 25.2 Å². The van der Waals surface area contributed by atoms with E-state index in [0.717, 1.165) is 27.9 Å². The number of hydrogen-bond donors (Lipinski definition) is 1. The van der Waals surface area contributed by atoms with E-state index in [-0.39, 0.29) is 11.7 Å². The predicted molar refractivity (Wildman–Crippen MR) is 109 cm³/mol. The minimum Gasteiger partial charge on any atom is -0.378 e. The van der Waals surface area contributed by atoms with Crippen LogP contribution in [0.25, 0.3) is 10.3 Å². The smallest absolute Gasteiger partial charge is 0.234 e. The first kappa shape index (κ1) is 18.4. The quantitative estimate of drug-likeness (QED) is 0.500. The summed E-state index contributed by atoms with van der Waals surface area (Å²) >= 11 is 8.87. The number of amides is 1. The number of hydrogen-bond acceptors (Lipinski definition) is 8. The van der Waals surface area contributed by atoms with Crippen LogP contribution >= 0.6 is 34.7 Å². The lowest BCUT2D eigenvalue weighted by molar-refractivity contribution is -0.113. The Labute approximate surface area is 169 Å². The first-order valence-electron chi connectivity index (χ1n) is 8.31. The van der Waals surface area contributed by atoms with Crippen molar-refractivity contribution in [3.63, 3.8) is 0 Å². The molecule has 0 radical (unpaired) electrons. The lowest BCUT2D eigenvalue weighted by Crippen LogP contribution is -2.36. The van der Waals surface area contributed by atoms with Crippen LogP contribution in [0.2, 0.25) is 5.02 Å². The molecule has 0 aliphatic carbocycles. The van der Waals surface area contributed by atoms with Gasteiger partial charge in [-0.3, -0.25) is 4.79 Å². The normalized spacial score (nSPS) is 14.5. The fraction of sp³-hybridized carbons (Fsp3) is 0.294. The van der Waals surface area contributed by atoms with Gasteiger partial charge in [0.2, 0.25) is 5.91 Å². The minimum atomic E-state index is -0.119. The average molecular weight is 422 g/mol. The molecular formula is C17H16ClN5O2S2. The SMILES string of the molecule is O=C(CSc1ncnc2nc(N3CCOCC3)sc12)Nc1cccc(Cl)c1. The number of ether oxygens (including phenoxy) is 1. The Bertz CT molecular complexity index is 961. The summed E-state index contributed by atoms with van der Waals surface area (Å²) in [5.74, 6) is 0.121. The van der Waals surface area contributed by atoms with Crippen LogP contribution in [0, 0.1) is 0 Å². The van der Waals surface area contributed by atoms with Gasteiger partial charge in [-0.1, -0.05) is 40.8 Å². The summed E-state index contributed by atoms with van der Waals surface area (Å²) in [6.45, 7) is 3.04. The molecule has 1 N–H and O–H groups in total. The Morgan fingerprint density at radius 3 is 3.00 bits per heavy atom. The Balaban J connectivity index is 1.45. The third kappa shape index (κ3) is 4.49. The zero-order chi connectivity index (χ0) is 18.6. The van der Waals surface area contributed by atoms with Crippen molar-refractivity contribution in [2.75, 3.05) is 42.3 Å². The summed E-state index contributed by atoms with van der Waals surface area (Å²) in [5, 5.41) is 5.10. The largest absolute Gasteiger partial charge is 0.378 e. The highest BCUT2D eigenvalue weighted by Gasteiger charge is 2.18. The second-order valence-corrected chi connectivity index (χ2v) is 8.15. The molecule has 0 unspecified atom stereocenters. The standard InChI is InChI=1S/C17H16ClN5O2S2/c18-11-2-1-3-12(8-11)21-13(24)9-26-16-14-15(19-10-20-16)22-17(27-14)23-4-6-25-7-5-23/h1-3,8,10H,4-7,9H2,(H,21,24). The molecule has 27 heavy (non-hydrogen) atoms. The van der Waals surface area contributed by atoms with Crippen molar-refractivity contribution >= 4 is 61.8 Å². The molecule has 1 aliphatic heterocycles. The summed E-state index contributed by atoms with van der Waals surface area (Å²) < 4.78 is 6.29. The van der Waals surface area contributed by atoms with Crippen molar-refractivity contribution in [3.8, 4) is 0 Å². The summed E-state index contributed by atoms with van der Waals surface area (Å²) in [6, 6.07) is 7.07. The molecule has 1 fully saturated rings. The zero-order valence-electron chi connectivity index (χ0n) is 14.2. The molecule has 1 amide bonds. The van der Waals surface area contributed by atoms with Crippen LogP contribution in [0.5, 0.6) is 0 Å². The maximum Gasteiger partial charge on any atom is 0.234 e. The molecule has 0 atom stereocenters. The molecule has 0 saturated carbocycles. The van der Waals surface area contributed by atoms with E-state index in [1.807, 2.05) is 0 Å². The van der Waals surface area contributed by atoms with Crippen LogP contribution in [-0.4, -0.2) is 52.9 Å². The van der Waals surface area contributed by atoms with Crippen LogP contribution < -0.4 is 10.2 Å². The summed E-state index contributed by atoms with van der Waals surface area (Å²) in [6.07, 6.45) is 1.49. The Kier molecular flexibility index (Phi) is 5.72. The third-order valence-corrected chi connectivity index (χ3v) is 6.34. The number of halogens is 1. The number of thioether (sulfide) groups is 1. The number of carbonyl (C=O) groups is 1. The van der Waals surface area contributed by atoms with Crippen molar-refractivity contribution in [1.29, 1.82) is 0 Å². The number of thiazole rings is 1. The van der Waals surface area contributed by atoms with Crippen LogP contribution in [0.3, 0.4) is 0 Å². The molecule has 1 aliphatic rings. The fourth-order valence-corrected chi connectivity index (χ4v) is 4.74. The van der Waals surface area contributed by atoms with E-state index < -0.39 is 0 Å². The number of anilines is 2. The molecule has 1 saturated heterocycles. The number of morpholine rings is 1. The molecular weight excluding hydrogens is 406 g/mol. The van der Waals surface area contributed by atoms with E-state index in [9.17, 15) is 4.79 Å². The van der Waals surface area contributed by atoms with E-state index in [0.29, 0.717) is 29.6 Å². The van der Waals surface area contributed by atoms with Crippen LogP contribution in [-0.2, 0) is 9.53 Å². The van der Waals surface area contributed by atoms with Gasteiger partial charge in [0.25, 0.3) is 0 Å². The van der Waals surface area contributed by atoms with E-state index in [1.54, 1.807) is 35.6 Å². The lowest BCUT2D eigenvalue weighted by Gasteiger charge is -2.25. The molecule has 10 heteroatoms.